The summed E-state index contributed by atoms with van der Waals surface area (Å²) in [5.41, 5.74) is -2.03. The first kappa shape index (κ1) is 31.7. The second-order valence-corrected chi connectivity index (χ2v) is 9.67. The predicted molar refractivity (Wildman–Crippen MR) is 135 cm³/mol. The number of halogens is 3. The largest absolute Gasteiger partial charge is 0.416 e. The van der Waals surface area contributed by atoms with E-state index < -0.39 is 59.0 Å². The van der Waals surface area contributed by atoms with Crippen molar-refractivity contribution in [3.8, 4) is 0 Å². The van der Waals surface area contributed by atoms with E-state index in [1.54, 1.807) is 6.92 Å². The number of aromatic nitrogens is 1. The lowest BCUT2D eigenvalue weighted by Gasteiger charge is -2.25. The van der Waals surface area contributed by atoms with Gasteiger partial charge < -0.3 is 34.7 Å². The number of carbonyl (C=O) groups excluding carboxylic acids is 4. The van der Waals surface area contributed by atoms with Crippen LogP contribution in [0.5, 0.6) is 0 Å². The van der Waals surface area contributed by atoms with Crippen molar-refractivity contribution in [1.29, 1.82) is 0 Å². The highest BCUT2D eigenvalue weighted by Crippen LogP contribution is 2.31. The maximum Gasteiger partial charge on any atom is 0.416 e. The summed E-state index contributed by atoms with van der Waals surface area (Å²) in [6.07, 6.45) is -4.86. The minimum Gasteiger partial charge on any atom is -0.382 e. The highest BCUT2D eigenvalue weighted by atomic mass is 19.4. The second-order valence-electron chi connectivity index (χ2n) is 9.67. The lowest BCUT2D eigenvalue weighted by molar-refractivity contribution is -0.137. The molecule has 2 heterocycles. The number of ketones is 1. The minimum atomic E-state index is -4.60. The van der Waals surface area contributed by atoms with Crippen molar-refractivity contribution in [2.45, 2.75) is 50.2 Å². The van der Waals surface area contributed by atoms with E-state index in [-0.39, 0.29) is 37.5 Å². The van der Waals surface area contributed by atoms with Gasteiger partial charge in [-0.3, -0.25) is 19.2 Å². The van der Waals surface area contributed by atoms with Gasteiger partial charge in [0.2, 0.25) is 11.8 Å². The van der Waals surface area contributed by atoms with Gasteiger partial charge in [-0.1, -0.05) is 23.4 Å². The van der Waals surface area contributed by atoms with E-state index in [4.69, 9.17) is 18.7 Å². The predicted octanol–water partition coefficient (Wildman–Crippen LogP) is 0.963. The number of carbonyl (C=O) groups is 4. The van der Waals surface area contributed by atoms with Gasteiger partial charge in [-0.15, -0.1) is 0 Å². The van der Waals surface area contributed by atoms with Crippen molar-refractivity contribution < 1.29 is 51.1 Å². The highest BCUT2D eigenvalue weighted by molar-refractivity contribution is 5.99. The van der Waals surface area contributed by atoms with Crippen molar-refractivity contribution >= 4 is 23.5 Å². The quantitative estimate of drug-likeness (QED) is 0.275. The standard InChI is InChI=1S/C26H31F3N4O8/c1-14-8-18(33-41-14)22(35)31-20(12-39-4)24(37)32-19(11-38-3)23(36)30-17(21(34)25(2)13-40-25)10-15-6-5-7-16(9-15)26(27,28)29/h5-9,17,19-20H,10-13H2,1-4H3,(H,30,36)(H,31,35)(H,32,37)/t17?,19-,20-,25+/m0/s1. The van der Waals surface area contributed by atoms with Crippen LogP contribution in [0.1, 0.15) is 34.3 Å². The molecule has 1 unspecified atom stereocenters. The topological polar surface area (TPSA) is 161 Å². The van der Waals surface area contributed by atoms with Gasteiger partial charge in [0, 0.05) is 20.3 Å². The Morgan fingerprint density at radius 2 is 1.59 bits per heavy atom. The molecule has 3 rings (SSSR count). The monoisotopic (exact) mass is 584 g/mol. The lowest BCUT2D eigenvalue weighted by Crippen LogP contribution is -2.59. The summed E-state index contributed by atoms with van der Waals surface area (Å²) in [7, 11) is 2.58. The Morgan fingerprint density at radius 3 is 2.10 bits per heavy atom. The van der Waals surface area contributed by atoms with Gasteiger partial charge in [0.1, 0.15) is 23.4 Å². The number of amides is 3. The third-order valence-corrected chi connectivity index (χ3v) is 6.21. The number of ether oxygens (including phenoxy) is 3. The summed E-state index contributed by atoms with van der Waals surface area (Å²) in [6.45, 7) is 2.58. The Morgan fingerprint density at radius 1 is 1.00 bits per heavy atom. The number of epoxide rings is 1. The molecule has 0 aliphatic carbocycles. The summed E-state index contributed by atoms with van der Waals surface area (Å²) in [5.74, 6) is -2.55. The zero-order chi connectivity index (χ0) is 30.4. The fourth-order valence-corrected chi connectivity index (χ4v) is 3.89. The van der Waals surface area contributed by atoms with Gasteiger partial charge in [0.15, 0.2) is 11.5 Å². The molecule has 224 valence electrons. The van der Waals surface area contributed by atoms with E-state index >= 15 is 0 Å². The number of hydrogen-bond donors (Lipinski definition) is 3. The average molecular weight is 585 g/mol. The van der Waals surface area contributed by atoms with Crippen LogP contribution in [0.2, 0.25) is 0 Å². The second kappa shape index (κ2) is 13.2. The Bertz CT molecular complexity index is 1260. The molecular formula is C26H31F3N4O8. The van der Waals surface area contributed by atoms with Crippen molar-refractivity contribution in [3.63, 3.8) is 0 Å². The highest BCUT2D eigenvalue weighted by Gasteiger charge is 2.50. The molecule has 2 aromatic rings. The summed E-state index contributed by atoms with van der Waals surface area (Å²) in [6, 6.07) is 1.89. The van der Waals surface area contributed by atoms with E-state index in [0.29, 0.717) is 5.76 Å². The maximum absolute atomic E-state index is 13.3. The van der Waals surface area contributed by atoms with Crippen LogP contribution in [0.25, 0.3) is 0 Å². The summed E-state index contributed by atoms with van der Waals surface area (Å²) < 4.78 is 59.8. The first-order valence-electron chi connectivity index (χ1n) is 12.4. The van der Waals surface area contributed by atoms with Crippen molar-refractivity contribution in [1.82, 2.24) is 21.1 Å². The number of hydrogen-bond acceptors (Lipinski definition) is 9. The van der Waals surface area contributed by atoms with Crippen molar-refractivity contribution in [3.05, 3.63) is 52.9 Å². The van der Waals surface area contributed by atoms with Crippen LogP contribution in [0.15, 0.2) is 34.9 Å². The van der Waals surface area contributed by atoms with Crippen LogP contribution in [0, 0.1) is 6.92 Å². The molecule has 0 bridgehead atoms. The lowest BCUT2D eigenvalue weighted by atomic mass is 9.94. The van der Waals surface area contributed by atoms with Crippen LogP contribution in [0.3, 0.4) is 0 Å². The number of nitrogens with zero attached hydrogens (tertiary/aromatic N) is 1. The van der Waals surface area contributed by atoms with Crippen LogP contribution in [-0.4, -0.2) is 86.4 Å². The molecule has 3 amide bonds. The van der Waals surface area contributed by atoms with Crippen molar-refractivity contribution in [2.24, 2.45) is 0 Å². The Hall–Kier alpha value is -3.82. The number of aryl methyl sites for hydroxylation is 1. The summed E-state index contributed by atoms with van der Waals surface area (Å²) in [5, 5.41) is 11.0. The van der Waals surface area contributed by atoms with Crippen LogP contribution in [-0.2, 0) is 41.2 Å². The molecule has 1 aromatic carbocycles. The van der Waals surface area contributed by atoms with E-state index in [9.17, 15) is 32.3 Å². The SMILES string of the molecule is COC[C@H](NC(=O)c1cc(C)on1)C(=O)N[C@@H](COC)C(=O)NC(Cc1cccc(C(F)(F)F)c1)C(=O)[C@@]1(C)CO1. The minimum absolute atomic E-state index is 0.0747. The number of methoxy groups -OCH3 is 2. The van der Waals surface area contributed by atoms with E-state index in [0.717, 1.165) is 12.1 Å². The molecule has 0 saturated carbocycles. The van der Waals surface area contributed by atoms with Gasteiger partial charge in [0.05, 0.1) is 31.4 Å². The molecule has 4 atom stereocenters. The number of benzene rings is 1. The molecule has 1 saturated heterocycles. The first-order valence-corrected chi connectivity index (χ1v) is 12.4. The first-order chi connectivity index (χ1) is 19.3. The zero-order valence-corrected chi connectivity index (χ0v) is 22.8. The third-order valence-electron chi connectivity index (χ3n) is 6.21. The number of alkyl halides is 3. The fraction of sp³-hybridized carbons (Fsp3) is 0.500. The number of rotatable bonds is 14. The molecule has 1 aliphatic heterocycles. The molecule has 3 N–H and O–H groups in total. The number of nitrogens with one attached hydrogen (secondary N) is 3. The Kier molecular flexibility index (Phi) is 10.2. The molecular weight excluding hydrogens is 553 g/mol. The molecule has 41 heavy (non-hydrogen) atoms. The Labute approximate surface area is 233 Å². The molecule has 1 fully saturated rings. The average Bonchev–Trinajstić information content (AvgIpc) is 3.52. The van der Waals surface area contributed by atoms with E-state index in [2.05, 4.69) is 21.1 Å². The third kappa shape index (κ3) is 8.58. The molecule has 0 spiro atoms. The molecule has 12 nitrogen and oxygen atoms in total. The molecule has 1 aliphatic rings. The van der Waals surface area contributed by atoms with Crippen LogP contribution >= 0.6 is 0 Å². The maximum atomic E-state index is 13.3. The Balaban J connectivity index is 1.75. The van der Waals surface area contributed by atoms with Gasteiger partial charge in [-0.25, -0.2) is 0 Å². The van der Waals surface area contributed by atoms with Gasteiger partial charge in [-0.05, 0) is 31.9 Å². The molecule has 15 heteroatoms. The molecule has 0 radical (unpaired) electrons. The number of Topliss-reactive ketones (excluding diaryl/α,β-unsaturated/α-hetero) is 1. The van der Waals surface area contributed by atoms with Gasteiger partial charge in [0.25, 0.3) is 5.91 Å². The molecule has 1 aromatic heterocycles. The summed E-state index contributed by atoms with van der Waals surface area (Å²) in [4.78, 5) is 51.9. The van der Waals surface area contributed by atoms with E-state index in [1.807, 2.05) is 0 Å². The van der Waals surface area contributed by atoms with Crippen LogP contribution < -0.4 is 16.0 Å². The van der Waals surface area contributed by atoms with Crippen molar-refractivity contribution in [2.75, 3.05) is 34.0 Å². The smallest absolute Gasteiger partial charge is 0.382 e. The van der Waals surface area contributed by atoms with E-state index in [1.165, 1.54) is 39.3 Å². The normalized spacial score (nSPS) is 18.6. The van der Waals surface area contributed by atoms with Gasteiger partial charge >= 0.3 is 6.18 Å². The zero-order valence-electron chi connectivity index (χ0n) is 22.8. The van der Waals surface area contributed by atoms with Gasteiger partial charge in [-0.2, -0.15) is 13.2 Å². The fourth-order valence-electron chi connectivity index (χ4n) is 3.89. The summed E-state index contributed by atoms with van der Waals surface area (Å²) >= 11 is 0. The van der Waals surface area contributed by atoms with Crippen LogP contribution in [0.4, 0.5) is 13.2 Å².